The van der Waals surface area contributed by atoms with E-state index in [1.165, 1.54) is 0 Å². The van der Waals surface area contributed by atoms with E-state index in [1.807, 2.05) is 31.2 Å². The molecule has 0 bridgehead atoms. The highest BCUT2D eigenvalue weighted by atomic mass is 16.5. The Morgan fingerprint density at radius 2 is 2.11 bits per heavy atom. The van der Waals surface area contributed by atoms with Crippen molar-refractivity contribution < 1.29 is 4.74 Å². The summed E-state index contributed by atoms with van der Waals surface area (Å²) in [7, 11) is 1.79. The lowest BCUT2D eigenvalue weighted by Crippen LogP contribution is -2.18. The maximum atomic E-state index is 11.8. The zero-order valence-electron chi connectivity index (χ0n) is 10.8. The molecule has 0 aliphatic heterocycles. The van der Waals surface area contributed by atoms with E-state index in [-0.39, 0.29) is 5.56 Å². The first-order valence-electron chi connectivity index (χ1n) is 6.14. The number of hydrogen-bond acceptors (Lipinski definition) is 3. The van der Waals surface area contributed by atoms with Crippen LogP contribution in [-0.2, 0) is 11.8 Å². The standard InChI is InChI=1S/C14H18N2O2/c1-3-18-9-8-15-12-10-14(17)16(2)13-7-5-4-6-11(12)13/h4-7,10,15H,3,8-9H2,1-2H3. The fourth-order valence-corrected chi connectivity index (χ4v) is 1.96. The van der Waals surface area contributed by atoms with Gasteiger partial charge in [0.25, 0.3) is 5.56 Å². The predicted octanol–water partition coefficient (Wildman–Crippen LogP) is 1.99. The Balaban J connectivity index is 2.32. The van der Waals surface area contributed by atoms with E-state index in [0.29, 0.717) is 19.8 Å². The Hall–Kier alpha value is -1.81. The molecule has 1 aromatic carbocycles. The van der Waals surface area contributed by atoms with Crippen LogP contribution in [0.1, 0.15) is 6.92 Å². The van der Waals surface area contributed by atoms with Crippen molar-refractivity contribution in [1.29, 1.82) is 0 Å². The SMILES string of the molecule is CCOCCNc1cc(=O)n(C)c2ccccc12. The topological polar surface area (TPSA) is 43.3 Å². The first-order chi connectivity index (χ1) is 8.74. The summed E-state index contributed by atoms with van der Waals surface area (Å²) in [6, 6.07) is 9.50. The van der Waals surface area contributed by atoms with E-state index in [9.17, 15) is 4.79 Å². The molecule has 0 spiro atoms. The minimum absolute atomic E-state index is 0.00684. The third kappa shape index (κ3) is 2.54. The predicted molar refractivity (Wildman–Crippen MR) is 74.2 cm³/mol. The maximum absolute atomic E-state index is 11.8. The van der Waals surface area contributed by atoms with Crippen LogP contribution in [0.3, 0.4) is 0 Å². The van der Waals surface area contributed by atoms with Crippen LogP contribution in [0.25, 0.3) is 10.9 Å². The van der Waals surface area contributed by atoms with Gasteiger partial charge in [-0.3, -0.25) is 4.79 Å². The zero-order chi connectivity index (χ0) is 13.0. The average molecular weight is 246 g/mol. The van der Waals surface area contributed by atoms with E-state index in [0.717, 1.165) is 16.6 Å². The second kappa shape index (κ2) is 5.69. The lowest BCUT2D eigenvalue weighted by molar-refractivity contribution is 0.158. The molecule has 0 aliphatic rings. The highest BCUT2D eigenvalue weighted by Gasteiger charge is 2.05. The number of aryl methyl sites for hydroxylation is 1. The van der Waals surface area contributed by atoms with Crippen LogP contribution < -0.4 is 10.9 Å². The van der Waals surface area contributed by atoms with Gasteiger partial charge in [-0.05, 0) is 13.0 Å². The molecule has 0 saturated carbocycles. The van der Waals surface area contributed by atoms with Gasteiger partial charge in [-0.1, -0.05) is 18.2 Å². The summed E-state index contributed by atoms with van der Waals surface area (Å²) in [6.45, 7) is 4.01. The Morgan fingerprint density at radius 3 is 2.89 bits per heavy atom. The Labute approximate surface area is 106 Å². The number of aromatic nitrogens is 1. The van der Waals surface area contributed by atoms with Crippen molar-refractivity contribution in [3.05, 3.63) is 40.7 Å². The van der Waals surface area contributed by atoms with Gasteiger partial charge in [0, 0.05) is 37.3 Å². The molecule has 1 aromatic heterocycles. The summed E-state index contributed by atoms with van der Waals surface area (Å²) in [5.74, 6) is 0. The highest BCUT2D eigenvalue weighted by molar-refractivity contribution is 5.91. The molecule has 2 rings (SSSR count). The number of nitrogens with zero attached hydrogens (tertiary/aromatic N) is 1. The van der Waals surface area contributed by atoms with Gasteiger partial charge in [-0.2, -0.15) is 0 Å². The quantitative estimate of drug-likeness (QED) is 0.820. The van der Waals surface area contributed by atoms with Crippen LogP contribution in [0.5, 0.6) is 0 Å². The van der Waals surface area contributed by atoms with Crippen LogP contribution >= 0.6 is 0 Å². The highest BCUT2D eigenvalue weighted by Crippen LogP contribution is 2.20. The molecule has 2 aromatic rings. The van der Waals surface area contributed by atoms with Gasteiger partial charge >= 0.3 is 0 Å². The zero-order valence-corrected chi connectivity index (χ0v) is 10.8. The van der Waals surface area contributed by atoms with Crippen molar-refractivity contribution >= 4 is 16.6 Å². The minimum atomic E-state index is -0.00684. The van der Waals surface area contributed by atoms with E-state index in [1.54, 1.807) is 17.7 Å². The molecule has 0 radical (unpaired) electrons. The second-order valence-corrected chi connectivity index (χ2v) is 4.10. The molecule has 1 N–H and O–H groups in total. The molecule has 0 fully saturated rings. The fraction of sp³-hybridized carbons (Fsp3) is 0.357. The van der Waals surface area contributed by atoms with Crippen LogP contribution in [0, 0.1) is 0 Å². The summed E-state index contributed by atoms with van der Waals surface area (Å²) in [4.78, 5) is 11.8. The van der Waals surface area contributed by atoms with Crippen LogP contribution in [0.4, 0.5) is 5.69 Å². The van der Waals surface area contributed by atoms with Crippen molar-refractivity contribution in [1.82, 2.24) is 4.57 Å². The van der Waals surface area contributed by atoms with Crippen LogP contribution in [0.2, 0.25) is 0 Å². The average Bonchev–Trinajstić information content (AvgIpc) is 2.40. The molecule has 1 heterocycles. The molecule has 0 unspecified atom stereocenters. The Kier molecular flexibility index (Phi) is 3.99. The van der Waals surface area contributed by atoms with Crippen molar-refractivity contribution in [3.8, 4) is 0 Å². The molecule has 0 amide bonds. The number of fused-ring (bicyclic) bond motifs is 1. The molecule has 4 heteroatoms. The first-order valence-corrected chi connectivity index (χ1v) is 6.14. The van der Waals surface area contributed by atoms with E-state index in [2.05, 4.69) is 5.32 Å². The molecule has 0 aliphatic carbocycles. The molecule has 18 heavy (non-hydrogen) atoms. The molecule has 0 atom stereocenters. The number of rotatable bonds is 5. The minimum Gasteiger partial charge on any atom is -0.382 e. The molecular formula is C14H18N2O2. The lowest BCUT2D eigenvalue weighted by Gasteiger charge is -2.12. The van der Waals surface area contributed by atoms with Crippen LogP contribution in [-0.4, -0.2) is 24.3 Å². The molecular weight excluding hydrogens is 228 g/mol. The molecule has 4 nitrogen and oxygen atoms in total. The van der Waals surface area contributed by atoms with Crippen molar-refractivity contribution in [2.45, 2.75) is 6.92 Å². The van der Waals surface area contributed by atoms with Gasteiger partial charge in [-0.25, -0.2) is 0 Å². The van der Waals surface area contributed by atoms with Gasteiger partial charge in [-0.15, -0.1) is 0 Å². The van der Waals surface area contributed by atoms with Crippen molar-refractivity contribution in [2.75, 3.05) is 25.1 Å². The third-order valence-corrected chi connectivity index (χ3v) is 2.92. The number of pyridine rings is 1. The normalized spacial score (nSPS) is 10.8. The van der Waals surface area contributed by atoms with Gasteiger partial charge in [0.05, 0.1) is 12.1 Å². The number of benzene rings is 1. The first kappa shape index (κ1) is 12.6. The van der Waals surface area contributed by atoms with Crippen LogP contribution in [0.15, 0.2) is 35.1 Å². The summed E-state index contributed by atoms with van der Waals surface area (Å²) in [6.07, 6.45) is 0. The second-order valence-electron chi connectivity index (χ2n) is 4.10. The lowest BCUT2D eigenvalue weighted by atomic mass is 10.2. The monoisotopic (exact) mass is 246 g/mol. The number of ether oxygens (including phenoxy) is 1. The summed E-state index contributed by atoms with van der Waals surface area (Å²) in [5, 5.41) is 4.30. The largest absolute Gasteiger partial charge is 0.382 e. The molecule has 0 saturated heterocycles. The number of nitrogens with one attached hydrogen (secondary N) is 1. The number of hydrogen-bond donors (Lipinski definition) is 1. The van der Waals surface area contributed by atoms with Crippen molar-refractivity contribution in [3.63, 3.8) is 0 Å². The molecule has 96 valence electrons. The van der Waals surface area contributed by atoms with Gasteiger partial charge in [0.1, 0.15) is 0 Å². The summed E-state index contributed by atoms with van der Waals surface area (Å²) < 4.78 is 6.93. The van der Waals surface area contributed by atoms with Crippen molar-refractivity contribution in [2.24, 2.45) is 7.05 Å². The Morgan fingerprint density at radius 1 is 1.33 bits per heavy atom. The van der Waals surface area contributed by atoms with E-state index >= 15 is 0 Å². The van der Waals surface area contributed by atoms with E-state index < -0.39 is 0 Å². The smallest absolute Gasteiger partial charge is 0.252 e. The van der Waals surface area contributed by atoms with Gasteiger partial charge in [0.15, 0.2) is 0 Å². The number of para-hydroxylation sites is 1. The maximum Gasteiger partial charge on any atom is 0.252 e. The summed E-state index contributed by atoms with van der Waals surface area (Å²) >= 11 is 0. The number of anilines is 1. The summed E-state index contributed by atoms with van der Waals surface area (Å²) in [5.41, 5.74) is 1.80. The Bertz CT molecular complexity index is 590. The van der Waals surface area contributed by atoms with Gasteiger partial charge in [0.2, 0.25) is 0 Å². The third-order valence-electron chi connectivity index (χ3n) is 2.92. The fourth-order valence-electron chi connectivity index (χ4n) is 1.96. The van der Waals surface area contributed by atoms with E-state index in [4.69, 9.17) is 4.74 Å². The van der Waals surface area contributed by atoms with Gasteiger partial charge < -0.3 is 14.6 Å².